The number of amides is 2. The fourth-order valence-corrected chi connectivity index (χ4v) is 4.55. The lowest BCUT2D eigenvalue weighted by molar-refractivity contribution is -0.123. The van der Waals surface area contributed by atoms with Gasteiger partial charge in [-0.2, -0.15) is 5.01 Å². The highest BCUT2D eigenvalue weighted by Gasteiger charge is 2.33. The Kier molecular flexibility index (Phi) is 7.04. The molecule has 0 aromatic heterocycles. The Hall–Kier alpha value is -2.94. The number of halogens is 1. The molecule has 1 N–H and O–H groups in total. The molecule has 0 unspecified atom stereocenters. The first-order chi connectivity index (χ1) is 15.5. The van der Waals surface area contributed by atoms with Crippen molar-refractivity contribution in [3.05, 3.63) is 105 Å². The summed E-state index contributed by atoms with van der Waals surface area (Å²) in [5.74, 6) is -0.0286. The molecule has 32 heavy (non-hydrogen) atoms. The number of ether oxygens (including phenoxy) is 1. The maximum Gasteiger partial charge on any atom is 0.285 e. The van der Waals surface area contributed by atoms with Crippen LogP contribution in [0.25, 0.3) is 6.08 Å². The van der Waals surface area contributed by atoms with Crippen molar-refractivity contribution in [1.82, 2.24) is 10.4 Å². The summed E-state index contributed by atoms with van der Waals surface area (Å²) in [5.41, 5.74) is 4.91. The van der Waals surface area contributed by atoms with Gasteiger partial charge in [0.05, 0.1) is 4.91 Å². The second-order valence-corrected chi connectivity index (χ2v) is 9.40. The maximum absolute atomic E-state index is 12.7. The van der Waals surface area contributed by atoms with Gasteiger partial charge in [0.15, 0.2) is 4.32 Å². The lowest BCUT2D eigenvalue weighted by atomic mass is 10.2. The molecular formula is C24H17BrN2O3S2. The van der Waals surface area contributed by atoms with Crippen LogP contribution in [-0.4, -0.2) is 21.1 Å². The molecule has 1 aliphatic heterocycles. The molecule has 160 valence electrons. The molecule has 1 fully saturated rings. The van der Waals surface area contributed by atoms with Crippen molar-refractivity contribution in [3.8, 4) is 5.75 Å². The Morgan fingerprint density at radius 3 is 2.53 bits per heavy atom. The first-order valence-corrected chi connectivity index (χ1v) is 11.6. The number of rotatable bonds is 6. The highest BCUT2D eigenvalue weighted by Crippen LogP contribution is 2.31. The molecule has 3 aromatic rings. The molecule has 4 rings (SSSR count). The minimum atomic E-state index is -0.393. The number of nitrogens with zero attached hydrogens (tertiary/aromatic N) is 1. The van der Waals surface area contributed by atoms with E-state index in [0.717, 1.165) is 38.1 Å². The average Bonchev–Trinajstić information content (AvgIpc) is 3.06. The quantitative estimate of drug-likeness (QED) is 0.337. The number of hydrazine groups is 1. The number of thioether (sulfide) groups is 1. The van der Waals surface area contributed by atoms with Crippen LogP contribution in [0.1, 0.15) is 21.5 Å². The Bertz CT molecular complexity index is 1200. The lowest BCUT2D eigenvalue weighted by Gasteiger charge is -2.15. The molecule has 5 nitrogen and oxygen atoms in total. The van der Waals surface area contributed by atoms with E-state index in [4.69, 9.17) is 17.0 Å². The number of benzene rings is 3. The van der Waals surface area contributed by atoms with Gasteiger partial charge >= 0.3 is 0 Å². The van der Waals surface area contributed by atoms with E-state index in [0.29, 0.717) is 17.1 Å². The molecule has 1 aliphatic rings. The van der Waals surface area contributed by atoms with Crippen LogP contribution in [0.3, 0.4) is 0 Å². The highest BCUT2D eigenvalue weighted by atomic mass is 79.9. The van der Waals surface area contributed by atoms with Crippen LogP contribution >= 0.6 is 39.9 Å². The van der Waals surface area contributed by atoms with Crippen LogP contribution < -0.4 is 10.2 Å². The number of hydrogen-bond acceptors (Lipinski definition) is 5. The molecule has 0 atom stereocenters. The van der Waals surface area contributed by atoms with Crippen molar-refractivity contribution in [3.63, 3.8) is 0 Å². The van der Waals surface area contributed by atoms with Gasteiger partial charge in [0.2, 0.25) is 0 Å². The van der Waals surface area contributed by atoms with Crippen molar-refractivity contribution in [2.24, 2.45) is 0 Å². The number of hydrogen-bond donors (Lipinski definition) is 1. The van der Waals surface area contributed by atoms with E-state index >= 15 is 0 Å². The molecule has 0 bridgehead atoms. The molecule has 1 saturated heterocycles. The smallest absolute Gasteiger partial charge is 0.285 e. The van der Waals surface area contributed by atoms with Gasteiger partial charge in [-0.05, 0) is 65.8 Å². The molecule has 8 heteroatoms. The van der Waals surface area contributed by atoms with Gasteiger partial charge in [-0.1, -0.05) is 70.2 Å². The van der Waals surface area contributed by atoms with Crippen LogP contribution in [0.15, 0.2) is 88.2 Å². The zero-order valence-electron chi connectivity index (χ0n) is 16.7. The topological polar surface area (TPSA) is 58.6 Å². The van der Waals surface area contributed by atoms with Gasteiger partial charge in [0.25, 0.3) is 11.8 Å². The Labute approximate surface area is 203 Å². The molecule has 0 aliphatic carbocycles. The zero-order valence-corrected chi connectivity index (χ0v) is 19.9. The molecular weight excluding hydrogens is 508 g/mol. The summed E-state index contributed by atoms with van der Waals surface area (Å²) >= 11 is 9.87. The molecule has 3 aromatic carbocycles. The molecule has 0 saturated carbocycles. The lowest BCUT2D eigenvalue weighted by Crippen LogP contribution is -2.44. The Balaban J connectivity index is 1.39. The number of carbonyl (C=O) groups is 2. The summed E-state index contributed by atoms with van der Waals surface area (Å²) in [6.07, 6.45) is 1.74. The van der Waals surface area contributed by atoms with Crippen molar-refractivity contribution in [2.75, 3.05) is 0 Å². The highest BCUT2D eigenvalue weighted by molar-refractivity contribution is 9.10. The molecule has 2 amide bonds. The van der Waals surface area contributed by atoms with E-state index in [1.807, 2.05) is 54.6 Å². The minimum Gasteiger partial charge on any atom is -0.489 e. The number of thiocarbonyl (C=S) groups is 1. The predicted octanol–water partition coefficient (Wildman–Crippen LogP) is 5.57. The average molecular weight is 525 g/mol. The van der Waals surface area contributed by atoms with E-state index in [2.05, 4.69) is 21.4 Å². The van der Waals surface area contributed by atoms with Gasteiger partial charge in [-0.25, -0.2) is 0 Å². The summed E-state index contributed by atoms with van der Waals surface area (Å²) in [6, 6.07) is 24.0. The van der Waals surface area contributed by atoms with E-state index in [-0.39, 0.29) is 10.2 Å². The minimum absolute atomic E-state index is 0.277. The fraction of sp³-hybridized carbons (Fsp3) is 0.0417. The van der Waals surface area contributed by atoms with Crippen LogP contribution in [0, 0.1) is 0 Å². The largest absolute Gasteiger partial charge is 0.489 e. The van der Waals surface area contributed by atoms with E-state index < -0.39 is 5.91 Å². The third-order valence-corrected chi connectivity index (χ3v) is 6.31. The Morgan fingerprint density at radius 1 is 1.06 bits per heavy atom. The predicted molar refractivity (Wildman–Crippen MR) is 134 cm³/mol. The van der Waals surface area contributed by atoms with Gasteiger partial charge in [0.1, 0.15) is 12.4 Å². The second-order valence-electron chi connectivity index (χ2n) is 6.81. The van der Waals surface area contributed by atoms with Crippen molar-refractivity contribution >= 4 is 62.1 Å². The van der Waals surface area contributed by atoms with E-state index in [1.54, 1.807) is 30.3 Å². The summed E-state index contributed by atoms with van der Waals surface area (Å²) in [5, 5.41) is 1.11. The summed E-state index contributed by atoms with van der Waals surface area (Å²) in [4.78, 5) is 25.6. The first kappa shape index (κ1) is 22.3. The second kappa shape index (κ2) is 10.1. The van der Waals surface area contributed by atoms with E-state index in [1.165, 1.54) is 0 Å². The maximum atomic E-state index is 12.7. The van der Waals surface area contributed by atoms with Crippen LogP contribution in [0.4, 0.5) is 0 Å². The molecule has 0 spiro atoms. The fourth-order valence-electron chi connectivity index (χ4n) is 2.92. The van der Waals surface area contributed by atoms with Crippen LogP contribution in [-0.2, 0) is 11.4 Å². The van der Waals surface area contributed by atoms with Crippen molar-refractivity contribution in [1.29, 1.82) is 0 Å². The van der Waals surface area contributed by atoms with Gasteiger partial charge in [0, 0.05) is 10.0 Å². The molecule has 1 heterocycles. The van der Waals surface area contributed by atoms with Gasteiger partial charge < -0.3 is 4.74 Å². The number of nitrogens with one attached hydrogen (secondary N) is 1. The zero-order chi connectivity index (χ0) is 22.5. The van der Waals surface area contributed by atoms with E-state index in [9.17, 15) is 9.59 Å². The standard InChI is InChI=1S/C24H17BrN2O3S2/c25-19-8-4-5-17(13-19)15-30-20-11-9-16(10-12-20)14-21-23(29)27(24(31)32-21)26-22(28)18-6-2-1-3-7-18/h1-14H,15H2,(H,26,28)/b21-14+. The normalized spacial score (nSPS) is 14.7. The third kappa shape index (κ3) is 5.45. The van der Waals surface area contributed by atoms with Crippen LogP contribution in [0.5, 0.6) is 5.75 Å². The Morgan fingerprint density at radius 2 is 1.81 bits per heavy atom. The van der Waals surface area contributed by atoms with Gasteiger partial charge in [-0.3, -0.25) is 15.0 Å². The SMILES string of the molecule is O=C(NN1C(=O)/C(=C\c2ccc(OCc3cccc(Br)c3)cc2)SC1=S)c1ccccc1. The third-order valence-electron chi connectivity index (χ3n) is 4.52. The summed E-state index contributed by atoms with van der Waals surface area (Å²) in [7, 11) is 0. The monoisotopic (exact) mass is 524 g/mol. The van der Waals surface area contributed by atoms with Crippen molar-refractivity contribution in [2.45, 2.75) is 6.61 Å². The van der Waals surface area contributed by atoms with Crippen LogP contribution in [0.2, 0.25) is 0 Å². The first-order valence-electron chi connectivity index (χ1n) is 9.61. The number of carbonyl (C=O) groups excluding carboxylic acids is 2. The van der Waals surface area contributed by atoms with Crippen molar-refractivity contribution < 1.29 is 14.3 Å². The summed E-state index contributed by atoms with van der Waals surface area (Å²) in [6.45, 7) is 0.457. The molecule has 0 radical (unpaired) electrons. The van der Waals surface area contributed by atoms with Gasteiger partial charge in [-0.15, -0.1) is 0 Å². The summed E-state index contributed by atoms with van der Waals surface area (Å²) < 4.78 is 7.11.